The Balaban J connectivity index is 1.33. The molecule has 1 atom stereocenters. The van der Waals surface area contributed by atoms with Crippen LogP contribution < -0.4 is 5.32 Å². The Kier molecular flexibility index (Phi) is 3.20. The number of aryl methyl sites for hydroxylation is 1. The number of furan rings is 1. The molecule has 0 spiro atoms. The number of nitrogens with zero attached hydrogens (tertiary/aromatic N) is 3. The Morgan fingerprint density at radius 2 is 2.29 bits per heavy atom. The van der Waals surface area contributed by atoms with Gasteiger partial charge in [0.15, 0.2) is 0 Å². The SMILES string of the molecule is c1ccc2oc(CNC[C@H]3CCc4nncn4C3)cc2c1. The lowest BCUT2D eigenvalue weighted by Gasteiger charge is -2.23. The van der Waals surface area contributed by atoms with Crippen molar-refractivity contribution in [3.63, 3.8) is 0 Å². The Morgan fingerprint density at radius 1 is 1.33 bits per heavy atom. The Labute approximate surface area is 123 Å². The lowest BCUT2D eigenvalue weighted by Crippen LogP contribution is -2.29. The highest BCUT2D eigenvalue weighted by atomic mass is 16.3. The third-order valence-electron chi connectivity index (χ3n) is 4.14. The van der Waals surface area contributed by atoms with Gasteiger partial charge in [-0.2, -0.15) is 0 Å². The van der Waals surface area contributed by atoms with Crippen LogP contribution in [0.4, 0.5) is 0 Å². The van der Waals surface area contributed by atoms with E-state index in [4.69, 9.17) is 4.42 Å². The van der Waals surface area contributed by atoms with Gasteiger partial charge in [0.05, 0.1) is 6.54 Å². The van der Waals surface area contributed by atoms with Crippen molar-refractivity contribution in [3.8, 4) is 0 Å². The third-order valence-corrected chi connectivity index (χ3v) is 4.14. The van der Waals surface area contributed by atoms with E-state index in [-0.39, 0.29) is 0 Å². The maximum atomic E-state index is 5.81. The number of benzene rings is 1. The molecule has 1 aromatic carbocycles. The first-order valence-electron chi connectivity index (χ1n) is 7.43. The van der Waals surface area contributed by atoms with Crippen molar-refractivity contribution in [2.24, 2.45) is 5.92 Å². The molecule has 0 bridgehead atoms. The van der Waals surface area contributed by atoms with Crippen LogP contribution in [0.3, 0.4) is 0 Å². The number of para-hydroxylation sites is 1. The highest BCUT2D eigenvalue weighted by Gasteiger charge is 2.19. The molecule has 5 nitrogen and oxygen atoms in total. The van der Waals surface area contributed by atoms with Crippen LogP contribution in [0, 0.1) is 5.92 Å². The van der Waals surface area contributed by atoms with Crippen molar-refractivity contribution < 1.29 is 4.42 Å². The number of fused-ring (bicyclic) bond motifs is 2. The molecular weight excluding hydrogens is 264 g/mol. The van der Waals surface area contributed by atoms with E-state index < -0.39 is 0 Å². The normalized spacial score (nSPS) is 18.0. The summed E-state index contributed by atoms with van der Waals surface area (Å²) in [6, 6.07) is 10.2. The quantitative estimate of drug-likeness (QED) is 0.798. The average Bonchev–Trinajstić information content (AvgIpc) is 3.12. The molecule has 0 saturated heterocycles. The minimum atomic E-state index is 0.637. The molecule has 0 radical (unpaired) electrons. The summed E-state index contributed by atoms with van der Waals surface area (Å²) in [5, 5.41) is 12.8. The van der Waals surface area contributed by atoms with Crippen molar-refractivity contribution >= 4 is 11.0 Å². The summed E-state index contributed by atoms with van der Waals surface area (Å²) in [7, 11) is 0. The Bertz CT molecular complexity index is 712. The first-order valence-corrected chi connectivity index (χ1v) is 7.43. The molecular formula is C16H18N4O. The van der Waals surface area contributed by atoms with Crippen molar-refractivity contribution in [2.45, 2.75) is 25.9 Å². The summed E-state index contributed by atoms with van der Waals surface area (Å²) in [5.74, 6) is 2.75. The molecule has 2 aromatic heterocycles. The van der Waals surface area contributed by atoms with E-state index in [1.807, 2.05) is 24.5 Å². The van der Waals surface area contributed by atoms with E-state index in [1.54, 1.807) is 0 Å². The van der Waals surface area contributed by atoms with E-state index in [9.17, 15) is 0 Å². The van der Waals surface area contributed by atoms with Gasteiger partial charge < -0.3 is 14.3 Å². The lowest BCUT2D eigenvalue weighted by atomic mass is 9.99. The van der Waals surface area contributed by atoms with Gasteiger partial charge in [-0.05, 0) is 24.5 Å². The number of rotatable bonds is 4. The van der Waals surface area contributed by atoms with Gasteiger partial charge in [-0.1, -0.05) is 18.2 Å². The molecule has 3 aromatic rings. The highest BCUT2D eigenvalue weighted by Crippen LogP contribution is 2.20. The fourth-order valence-electron chi connectivity index (χ4n) is 3.02. The molecule has 0 fully saturated rings. The van der Waals surface area contributed by atoms with Crippen molar-refractivity contribution in [2.75, 3.05) is 6.54 Å². The second-order valence-electron chi connectivity index (χ2n) is 5.69. The van der Waals surface area contributed by atoms with Gasteiger partial charge in [0.25, 0.3) is 0 Å². The average molecular weight is 282 g/mol. The molecule has 3 heterocycles. The van der Waals surface area contributed by atoms with Gasteiger partial charge in [0.2, 0.25) is 0 Å². The fourth-order valence-corrected chi connectivity index (χ4v) is 3.02. The monoisotopic (exact) mass is 282 g/mol. The fraction of sp³-hybridized carbons (Fsp3) is 0.375. The van der Waals surface area contributed by atoms with E-state index in [1.165, 1.54) is 11.8 Å². The van der Waals surface area contributed by atoms with E-state index >= 15 is 0 Å². The molecule has 108 valence electrons. The Morgan fingerprint density at radius 3 is 3.24 bits per heavy atom. The number of hydrogen-bond acceptors (Lipinski definition) is 4. The smallest absolute Gasteiger partial charge is 0.134 e. The van der Waals surface area contributed by atoms with Crippen molar-refractivity contribution in [1.82, 2.24) is 20.1 Å². The summed E-state index contributed by atoms with van der Waals surface area (Å²) in [4.78, 5) is 0. The minimum absolute atomic E-state index is 0.637. The predicted molar refractivity (Wildman–Crippen MR) is 79.8 cm³/mol. The number of hydrogen-bond donors (Lipinski definition) is 1. The second-order valence-corrected chi connectivity index (χ2v) is 5.69. The zero-order valence-corrected chi connectivity index (χ0v) is 11.8. The van der Waals surface area contributed by atoms with E-state index in [0.717, 1.165) is 43.2 Å². The predicted octanol–water partition coefficient (Wildman–Crippen LogP) is 2.38. The van der Waals surface area contributed by atoms with Gasteiger partial charge in [0, 0.05) is 24.9 Å². The summed E-state index contributed by atoms with van der Waals surface area (Å²) < 4.78 is 7.98. The molecule has 0 amide bonds. The largest absolute Gasteiger partial charge is 0.460 e. The van der Waals surface area contributed by atoms with Gasteiger partial charge in [-0.15, -0.1) is 10.2 Å². The second kappa shape index (κ2) is 5.33. The molecule has 5 heteroatoms. The van der Waals surface area contributed by atoms with E-state index in [2.05, 4.69) is 32.2 Å². The van der Waals surface area contributed by atoms with Crippen LogP contribution in [-0.2, 0) is 19.5 Å². The first kappa shape index (κ1) is 12.6. The maximum absolute atomic E-state index is 5.81. The third kappa shape index (κ3) is 2.56. The summed E-state index contributed by atoms with van der Waals surface area (Å²) >= 11 is 0. The molecule has 1 N–H and O–H groups in total. The molecule has 0 aliphatic carbocycles. The van der Waals surface area contributed by atoms with Gasteiger partial charge in [-0.3, -0.25) is 0 Å². The maximum Gasteiger partial charge on any atom is 0.134 e. The highest BCUT2D eigenvalue weighted by molar-refractivity contribution is 5.77. The molecule has 0 saturated carbocycles. The standard InChI is InChI=1S/C16H18N4O/c1-2-4-15-13(3-1)7-14(21-15)9-17-8-12-5-6-16-19-18-11-20(16)10-12/h1-4,7,11-12,17H,5-6,8-10H2/t12-/m1/s1. The van der Waals surface area contributed by atoms with Crippen LogP contribution in [0.5, 0.6) is 0 Å². The molecule has 0 unspecified atom stereocenters. The number of aromatic nitrogens is 3. The van der Waals surface area contributed by atoms with Crippen molar-refractivity contribution in [1.29, 1.82) is 0 Å². The minimum Gasteiger partial charge on any atom is -0.460 e. The first-order chi connectivity index (χ1) is 10.4. The van der Waals surface area contributed by atoms with E-state index in [0.29, 0.717) is 5.92 Å². The zero-order chi connectivity index (χ0) is 14.1. The summed E-state index contributed by atoms with van der Waals surface area (Å²) in [6.45, 7) is 2.78. The lowest BCUT2D eigenvalue weighted by molar-refractivity contribution is 0.342. The topological polar surface area (TPSA) is 55.9 Å². The molecule has 1 aliphatic rings. The molecule has 21 heavy (non-hydrogen) atoms. The Hall–Kier alpha value is -2.14. The zero-order valence-electron chi connectivity index (χ0n) is 11.8. The van der Waals surface area contributed by atoms with Crippen molar-refractivity contribution in [3.05, 3.63) is 48.2 Å². The van der Waals surface area contributed by atoms with Crippen LogP contribution in [0.1, 0.15) is 18.0 Å². The van der Waals surface area contributed by atoms with Gasteiger partial charge >= 0.3 is 0 Å². The van der Waals surface area contributed by atoms with Crippen LogP contribution in [0.2, 0.25) is 0 Å². The van der Waals surface area contributed by atoms with Crippen LogP contribution >= 0.6 is 0 Å². The van der Waals surface area contributed by atoms with Crippen LogP contribution in [0.25, 0.3) is 11.0 Å². The number of nitrogens with one attached hydrogen (secondary N) is 1. The van der Waals surface area contributed by atoms with Crippen LogP contribution in [0.15, 0.2) is 41.1 Å². The molecule has 1 aliphatic heterocycles. The van der Waals surface area contributed by atoms with Gasteiger partial charge in [-0.25, -0.2) is 0 Å². The molecule has 4 rings (SSSR count). The van der Waals surface area contributed by atoms with Gasteiger partial charge in [0.1, 0.15) is 23.5 Å². The summed E-state index contributed by atoms with van der Waals surface area (Å²) in [5.41, 5.74) is 0.959. The van der Waals surface area contributed by atoms with Crippen LogP contribution in [-0.4, -0.2) is 21.3 Å². The summed E-state index contributed by atoms with van der Waals surface area (Å²) in [6.07, 6.45) is 4.03.